The number of rotatable bonds is 5. The van der Waals surface area contributed by atoms with E-state index in [4.69, 9.17) is 10.1 Å². The van der Waals surface area contributed by atoms with Crippen LogP contribution in [0.5, 0.6) is 0 Å². The number of pyridine rings is 1. The van der Waals surface area contributed by atoms with E-state index in [0.29, 0.717) is 11.8 Å². The summed E-state index contributed by atoms with van der Waals surface area (Å²) >= 11 is 0.765. The molecule has 0 saturated heterocycles. The standard InChI is InChI=1S/C22H27FN4O3S2/c1-22(2,29)16-10-14(23)20(31-16)32(24,30)27-21(28)26-19-13-4-3-5-15(13)25-18(12-8-9-12)17(19)11-6-7-11/h10-12,29H,3-9H2,1-2H3,(H3,24,25,26,27,28,30). The second-order valence-electron chi connectivity index (χ2n) is 9.51. The summed E-state index contributed by atoms with van der Waals surface area (Å²) in [6.07, 6.45) is 7.04. The number of aryl methyl sites for hydroxylation is 1. The van der Waals surface area contributed by atoms with Gasteiger partial charge in [0.05, 0.1) is 11.3 Å². The fourth-order valence-corrected chi connectivity index (χ4v) is 6.70. The number of aliphatic hydroxyl groups is 1. The molecular formula is C22H27FN4O3S2. The van der Waals surface area contributed by atoms with Gasteiger partial charge in [-0.05, 0) is 76.3 Å². The monoisotopic (exact) mass is 478 g/mol. The summed E-state index contributed by atoms with van der Waals surface area (Å²) in [5, 5.41) is 18.8. The number of anilines is 1. The Morgan fingerprint density at radius 2 is 2.00 bits per heavy atom. The molecule has 3 aliphatic carbocycles. The summed E-state index contributed by atoms with van der Waals surface area (Å²) in [5.74, 6) is -0.00965. The van der Waals surface area contributed by atoms with Gasteiger partial charge in [0.2, 0.25) is 0 Å². The highest BCUT2D eigenvalue weighted by Crippen LogP contribution is 2.53. The molecule has 4 N–H and O–H groups in total. The van der Waals surface area contributed by atoms with Crippen molar-refractivity contribution in [3.63, 3.8) is 0 Å². The Balaban J connectivity index is 1.52. The fraction of sp³-hybridized carbons (Fsp3) is 0.545. The Bertz CT molecular complexity index is 1230. The van der Waals surface area contributed by atoms with Crippen LogP contribution in [0, 0.1) is 5.82 Å². The molecule has 1 atom stereocenters. The lowest BCUT2D eigenvalue weighted by Crippen LogP contribution is -2.19. The van der Waals surface area contributed by atoms with E-state index in [0.717, 1.165) is 90.6 Å². The van der Waals surface area contributed by atoms with E-state index in [9.17, 15) is 18.5 Å². The molecule has 2 saturated carbocycles. The number of fused-ring (bicyclic) bond motifs is 1. The lowest BCUT2D eigenvalue weighted by Gasteiger charge is -2.18. The minimum absolute atomic E-state index is 0.260. The molecule has 2 heterocycles. The molecule has 0 radical (unpaired) electrons. The van der Waals surface area contributed by atoms with Crippen LogP contribution in [0.4, 0.5) is 14.9 Å². The van der Waals surface area contributed by atoms with E-state index in [1.54, 1.807) is 0 Å². The average molecular weight is 479 g/mol. The van der Waals surface area contributed by atoms with Gasteiger partial charge in [-0.2, -0.15) is 0 Å². The number of carbonyl (C=O) groups excluding carboxylic acids is 1. The van der Waals surface area contributed by atoms with E-state index < -0.39 is 27.4 Å². The van der Waals surface area contributed by atoms with E-state index in [2.05, 4.69) is 9.68 Å². The first kappa shape index (κ1) is 21.9. The van der Waals surface area contributed by atoms with Gasteiger partial charge >= 0.3 is 6.03 Å². The van der Waals surface area contributed by atoms with Crippen molar-refractivity contribution in [2.75, 3.05) is 5.32 Å². The van der Waals surface area contributed by atoms with Crippen molar-refractivity contribution in [3.05, 3.63) is 39.3 Å². The molecule has 2 fully saturated rings. The van der Waals surface area contributed by atoms with Gasteiger partial charge in [-0.1, -0.05) is 0 Å². The van der Waals surface area contributed by atoms with Crippen LogP contribution in [0.1, 0.15) is 85.2 Å². The molecule has 32 heavy (non-hydrogen) atoms. The molecule has 2 aromatic rings. The summed E-state index contributed by atoms with van der Waals surface area (Å²) in [6, 6.07) is 0.238. The third-order valence-electron chi connectivity index (χ3n) is 6.22. The van der Waals surface area contributed by atoms with Gasteiger partial charge in [0, 0.05) is 27.7 Å². The fourth-order valence-electron chi connectivity index (χ4n) is 4.36. The smallest absolute Gasteiger partial charge is 0.354 e. The Morgan fingerprint density at radius 3 is 2.59 bits per heavy atom. The van der Waals surface area contributed by atoms with Crippen LogP contribution in [-0.2, 0) is 28.4 Å². The summed E-state index contributed by atoms with van der Waals surface area (Å²) in [5.41, 5.74) is 3.69. The summed E-state index contributed by atoms with van der Waals surface area (Å²) in [4.78, 5) is 18.1. The van der Waals surface area contributed by atoms with Crippen molar-refractivity contribution < 1.29 is 18.5 Å². The zero-order valence-corrected chi connectivity index (χ0v) is 19.7. The zero-order valence-electron chi connectivity index (χ0n) is 18.1. The van der Waals surface area contributed by atoms with Gasteiger partial charge in [0.25, 0.3) is 0 Å². The van der Waals surface area contributed by atoms with Gasteiger partial charge in [-0.25, -0.2) is 18.5 Å². The Morgan fingerprint density at radius 1 is 1.31 bits per heavy atom. The van der Waals surface area contributed by atoms with Crippen molar-refractivity contribution in [1.29, 1.82) is 0 Å². The minimum atomic E-state index is -3.82. The first-order valence-corrected chi connectivity index (χ1v) is 13.4. The molecule has 0 aliphatic heterocycles. The second-order valence-corrected chi connectivity index (χ2v) is 12.5. The SMILES string of the molecule is CC(C)(O)c1cc(F)c(S(N)(=O)=NC(=O)Nc2c3c(nc(C4CC4)c2C2CC2)CCC3)s1. The molecule has 7 nitrogen and oxygen atoms in total. The van der Waals surface area contributed by atoms with Crippen molar-refractivity contribution in [2.45, 2.75) is 80.4 Å². The van der Waals surface area contributed by atoms with E-state index in [-0.39, 0.29) is 9.09 Å². The number of nitrogens with one attached hydrogen (secondary N) is 1. The topological polar surface area (TPSA) is 118 Å². The Labute approximate surface area is 191 Å². The molecule has 5 rings (SSSR count). The average Bonchev–Trinajstić information content (AvgIpc) is 3.60. The molecule has 0 aromatic carbocycles. The number of carbonyl (C=O) groups is 1. The normalized spacial score (nSPS) is 20.0. The van der Waals surface area contributed by atoms with Gasteiger partial charge in [0.1, 0.15) is 0 Å². The number of amides is 2. The largest absolute Gasteiger partial charge is 0.385 e. The first-order valence-electron chi connectivity index (χ1n) is 11.0. The van der Waals surface area contributed by atoms with Crippen molar-refractivity contribution in [3.8, 4) is 0 Å². The number of thiophene rings is 1. The first-order chi connectivity index (χ1) is 15.0. The molecule has 3 aliphatic rings. The van der Waals surface area contributed by atoms with Crippen LogP contribution in [-0.4, -0.2) is 20.3 Å². The molecule has 1 unspecified atom stereocenters. The third kappa shape index (κ3) is 4.09. The van der Waals surface area contributed by atoms with Crippen LogP contribution in [0.25, 0.3) is 0 Å². The number of urea groups is 1. The summed E-state index contributed by atoms with van der Waals surface area (Å²) in [7, 11) is -3.82. The highest BCUT2D eigenvalue weighted by atomic mass is 32.2. The van der Waals surface area contributed by atoms with Gasteiger partial charge in [0.15, 0.2) is 19.9 Å². The van der Waals surface area contributed by atoms with Crippen LogP contribution >= 0.6 is 11.3 Å². The number of aromatic nitrogens is 1. The number of hydrogen-bond donors (Lipinski definition) is 3. The lowest BCUT2D eigenvalue weighted by molar-refractivity contribution is 0.0823. The van der Waals surface area contributed by atoms with Crippen LogP contribution < -0.4 is 10.5 Å². The second kappa shape index (κ2) is 7.58. The predicted molar refractivity (Wildman–Crippen MR) is 122 cm³/mol. The molecule has 172 valence electrons. The molecule has 0 spiro atoms. The third-order valence-corrected chi connectivity index (χ3v) is 9.56. The van der Waals surface area contributed by atoms with E-state index in [1.165, 1.54) is 13.8 Å². The number of nitrogens with two attached hydrogens (primary N) is 1. The van der Waals surface area contributed by atoms with Crippen molar-refractivity contribution in [2.24, 2.45) is 9.50 Å². The number of halogens is 1. The maximum Gasteiger partial charge on any atom is 0.354 e. The Kier molecular flexibility index (Phi) is 5.20. The molecule has 2 amide bonds. The van der Waals surface area contributed by atoms with Crippen molar-refractivity contribution >= 4 is 33.0 Å². The van der Waals surface area contributed by atoms with Gasteiger partial charge in [-0.15, -0.1) is 15.7 Å². The highest BCUT2D eigenvalue weighted by Gasteiger charge is 2.38. The maximum absolute atomic E-state index is 14.5. The van der Waals surface area contributed by atoms with E-state index in [1.807, 2.05) is 0 Å². The summed E-state index contributed by atoms with van der Waals surface area (Å²) in [6.45, 7) is 2.98. The molecular weight excluding hydrogens is 451 g/mol. The van der Waals surface area contributed by atoms with Gasteiger partial charge in [-0.3, -0.25) is 4.98 Å². The maximum atomic E-state index is 14.5. The Hall–Kier alpha value is -1.88. The molecule has 0 bridgehead atoms. The van der Waals surface area contributed by atoms with E-state index >= 15 is 0 Å². The number of hydrogen-bond acceptors (Lipinski definition) is 5. The summed E-state index contributed by atoms with van der Waals surface area (Å²) < 4.78 is 30.8. The van der Waals surface area contributed by atoms with Crippen LogP contribution in [0.3, 0.4) is 0 Å². The predicted octanol–water partition coefficient (Wildman–Crippen LogP) is 4.69. The van der Waals surface area contributed by atoms with Gasteiger partial charge < -0.3 is 10.4 Å². The zero-order chi connectivity index (χ0) is 22.8. The molecule has 2 aromatic heterocycles. The highest BCUT2D eigenvalue weighted by molar-refractivity contribution is 7.93. The quantitative estimate of drug-likeness (QED) is 0.578. The minimum Gasteiger partial charge on any atom is -0.385 e. The van der Waals surface area contributed by atoms with Crippen LogP contribution in [0.2, 0.25) is 0 Å². The molecule has 10 heteroatoms. The van der Waals surface area contributed by atoms with Crippen LogP contribution in [0.15, 0.2) is 14.6 Å². The lowest BCUT2D eigenvalue weighted by atomic mass is 9.98. The van der Waals surface area contributed by atoms with Crippen molar-refractivity contribution in [1.82, 2.24) is 4.98 Å². The number of nitrogens with zero attached hydrogens (tertiary/aromatic N) is 2.